The molecule has 0 radical (unpaired) electrons. The number of carbonyl (C=O) groups is 1. The second-order valence-corrected chi connectivity index (χ2v) is 6.01. The van der Waals surface area contributed by atoms with Crippen LogP contribution in [0, 0.1) is 20.8 Å². The van der Waals surface area contributed by atoms with E-state index in [4.69, 9.17) is 0 Å². The highest BCUT2D eigenvalue weighted by molar-refractivity contribution is 5.94. The minimum Gasteiger partial charge on any atom is -0.318 e. The normalized spacial score (nSPS) is 11.0. The van der Waals surface area contributed by atoms with E-state index < -0.39 is 0 Å². The highest BCUT2D eigenvalue weighted by atomic mass is 16.2. The van der Waals surface area contributed by atoms with E-state index in [0.29, 0.717) is 5.56 Å². The first-order chi connectivity index (χ1) is 12.1. The molecular formula is C21H21N3O. The topological polar surface area (TPSA) is 46.4 Å². The predicted molar refractivity (Wildman–Crippen MR) is 101 cm³/mol. The van der Waals surface area contributed by atoms with Crippen molar-refractivity contribution in [1.29, 1.82) is 0 Å². The maximum absolute atomic E-state index is 12.0. The number of rotatable bonds is 4. The number of aromatic nitrogens is 1. The number of carbonyl (C=O) groups excluding carboxylic acids is 1. The van der Waals surface area contributed by atoms with E-state index in [0.717, 1.165) is 22.6 Å². The molecule has 0 unspecified atom stereocenters. The quantitative estimate of drug-likeness (QED) is 0.566. The molecule has 0 bridgehead atoms. The SMILES string of the molecule is Cc1ccccc1-n1c(C)cc(/C=N/NC(=O)c2ccccc2)c1C. The van der Waals surface area contributed by atoms with Gasteiger partial charge in [0.05, 0.1) is 6.21 Å². The lowest BCUT2D eigenvalue weighted by molar-refractivity contribution is 0.0955. The number of aryl methyl sites for hydroxylation is 2. The van der Waals surface area contributed by atoms with Crippen LogP contribution in [0.15, 0.2) is 65.8 Å². The van der Waals surface area contributed by atoms with Crippen molar-refractivity contribution in [1.82, 2.24) is 9.99 Å². The summed E-state index contributed by atoms with van der Waals surface area (Å²) in [6, 6.07) is 19.4. The molecule has 126 valence electrons. The molecule has 0 saturated heterocycles. The zero-order chi connectivity index (χ0) is 17.8. The second kappa shape index (κ2) is 7.18. The van der Waals surface area contributed by atoms with Crippen LogP contribution in [0.2, 0.25) is 0 Å². The molecule has 1 N–H and O–H groups in total. The van der Waals surface area contributed by atoms with Gasteiger partial charge in [0.25, 0.3) is 5.91 Å². The predicted octanol–water partition coefficient (Wildman–Crippen LogP) is 4.17. The summed E-state index contributed by atoms with van der Waals surface area (Å²) in [7, 11) is 0. The van der Waals surface area contributed by atoms with Gasteiger partial charge in [0, 0.05) is 28.2 Å². The van der Waals surface area contributed by atoms with Gasteiger partial charge in [-0.2, -0.15) is 5.10 Å². The van der Waals surface area contributed by atoms with Crippen LogP contribution in [0.25, 0.3) is 5.69 Å². The van der Waals surface area contributed by atoms with Crippen molar-refractivity contribution in [2.75, 3.05) is 0 Å². The van der Waals surface area contributed by atoms with Gasteiger partial charge in [0.15, 0.2) is 0 Å². The monoisotopic (exact) mass is 331 g/mol. The van der Waals surface area contributed by atoms with E-state index in [1.807, 2.05) is 30.3 Å². The van der Waals surface area contributed by atoms with Gasteiger partial charge in [-0.05, 0) is 50.6 Å². The Balaban J connectivity index is 1.82. The Labute approximate surface area is 147 Å². The molecule has 25 heavy (non-hydrogen) atoms. The molecule has 0 aliphatic carbocycles. The van der Waals surface area contributed by atoms with E-state index >= 15 is 0 Å². The third-order valence-corrected chi connectivity index (χ3v) is 4.23. The zero-order valence-electron chi connectivity index (χ0n) is 14.7. The Bertz CT molecular complexity index is 924. The van der Waals surface area contributed by atoms with Crippen LogP contribution in [-0.4, -0.2) is 16.7 Å². The third-order valence-electron chi connectivity index (χ3n) is 4.23. The van der Waals surface area contributed by atoms with E-state index in [2.05, 4.69) is 54.1 Å². The molecule has 0 spiro atoms. The Hall–Kier alpha value is -3.14. The number of hydrogen-bond acceptors (Lipinski definition) is 2. The van der Waals surface area contributed by atoms with Gasteiger partial charge >= 0.3 is 0 Å². The maximum Gasteiger partial charge on any atom is 0.271 e. The number of nitrogens with one attached hydrogen (secondary N) is 1. The van der Waals surface area contributed by atoms with Crippen LogP contribution in [-0.2, 0) is 0 Å². The van der Waals surface area contributed by atoms with Crippen molar-refractivity contribution in [3.8, 4) is 5.69 Å². The fourth-order valence-corrected chi connectivity index (χ4v) is 2.92. The molecule has 3 aromatic rings. The largest absolute Gasteiger partial charge is 0.318 e. The Morgan fingerprint density at radius 1 is 1.00 bits per heavy atom. The maximum atomic E-state index is 12.0. The number of para-hydroxylation sites is 1. The third kappa shape index (κ3) is 3.53. The van der Waals surface area contributed by atoms with E-state index in [1.165, 1.54) is 5.56 Å². The number of nitrogens with zero attached hydrogens (tertiary/aromatic N) is 2. The van der Waals surface area contributed by atoms with Crippen molar-refractivity contribution in [2.24, 2.45) is 5.10 Å². The summed E-state index contributed by atoms with van der Waals surface area (Å²) in [6.45, 7) is 6.22. The van der Waals surface area contributed by atoms with Crippen LogP contribution < -0.4 is 5.43 Å². The van der Waals surface area contributed by atoms with Crippen molar-refractivity contribution in [3.63, 3.8) is 0 Å². The lowest BCUT2D eigenvalue weighted by atomic mass is 10.2. The van der Waals surface area contributed by atoms with E-state index in [-0.39, 0.29) is 5.91 Å². The lowest BCUT2D eigenvalue weighted by Gasteiger charge is -2.12. The molecule has 4 heteroatoms. The molecule has 3 rings (SSSR count). The summed E-state index contributed by atoms with van der Waals surface area (Å²) in [5.41, 5.74) is 8.73. The molecule has 2 aromatic carbocycles. The van der Waals surface area contributed by atoms with Gasteiger partial charge in [0.1, 0.15) is 0 Å². The Morgan fingerprint density at radius 3 is 2.40 bits per heavy atom. The molecule has 1 amide bonds. The van der Waals surface area contributed by atoms with Gasteiger partial charge in [-0.1, -0.05) is 36.4 Å². The lowest BCUT2D eigenvalue weighted by Crippen LogP contribution is -2.17. The van der Waals surface area contributed by atoms with Crippen LogP contribution in [0.3, 0.4) is 0 Å². The number of amides is 1. The molecule has 4 nitrogen and oxygen atoms in total. The summed E-state index contributed by atoms with van der Waals surface area (Å²) < 4.78 is 2.20. The summed E-state index contributed by atoms with van der Waals surface area (Å²) in [5, 5.41) is 4.11. The summed E-state index contributed by atoms with van der Waals surface area (Å²) >= 11 is 0. The Kier molecular flexibility index (Phi) is 4.80. The minimum atomic E-state index is -0.218. The average molecular weight is 331 g/mol. The van der Waals surface area contributed by atoms with Crippen molar-refractivity contribution < 1.29 is 4.79 Å². The van der Waals surface area contributed by atoms with Crippen molar-refractivity contribution >= 4 is 12.1 Å². The summed E-state index contributed by atoms with van der Waals surface area (Å²) in [4.78, 5) is 12.0. The van der Waals surface area contributed by atoms with Gasteiger partial charge in [-0.25, -0.2) is 5.43 Å². The van der Waals surface area contributed by atoms with Gasteiger partial charge in [0.2, 0.25) is 0 Å². The first-order valence-corrected chi connectivity index (χ1v) is 8.21. The van der Waals surface area contributed by atoms with Gasteiger partial charge in [-0.3, -0.25) is 4.79 Å². The molecule has 0 aliphatic rings. The Morgan fingerprint density at radius 2 is 1.68 bits per heavy atom. The standard InChI is InChI=1S/C21H21N3O/c1-15-9-7-8-12-20(15)24-16(2)13-19(17(24)3)14-22-23-21(25)18-10-5-4-6-11-18/h4-14H,1-3H3,(H,23,25)/b22-14+. The van der Waals surface area contributed by atoms with E-state index in [1.54, 1.807) is 18.3 Å². The molecule has 0 aliphatic heterocycles. The molecule has 1 aromatic heterocycles. The molecule has 0 saturated carbocycles. The molecule has 0 fully saturated rings. The zero-order valence-corrected chi connectivity index (χ0v) is 14.7. The number of hydrogen-bond donors (Lipinski definition) is 1. The smallest absolute Gasteiger partial charge is 0.271 e. The fraction of sp³-hybridized carbons (Fsp3) is 0.143. The van der Waals surface area contributed by atoms with E-state index in [9.17, 15) is 4.79 Å². The highest BCUT2D eigenvalue weighted by Gasteiger charge is 2.11. The number of benzene rings is 2. The van der Waals surface area contributed by atoms with Gasteiger partial charge in [-0.15, -0.1) is 0 Å². The molecule has 0 atom stereocenters. The first kappa shape index (κ1) is 16.7. The second-order valence-electron chi connectivity index (χ2n) is 6.01. The van der Waals surface area contributed by atoms with Crippen LogP contribution in [0.5, 0.6) is 0 Å². The van der Waals surface area contributed by atoms with Gasteiger partial charge < -0.3 is 4.57 Å². The van der Waals surface area contributed by atoms with Crippen LogP contribution in [0.4, 0.5) is 0 Å². The summed E-state index contributed by atoms with van der Waals surface area (Å²) in [6.07, 6.45) is 1.69. The fourth-order valence-electron chi connectivity index (χ4n) is 2.92. The average Bonchev–Trinajstić information content (AvgIpc) is 2.90. The summed E-state index contributed by atoms with van der Waals surface area (Å²) in [5.74, 6) is -0.218. The minimum absolute atomic E-state index is 0.218. The highest BCUT2D eigenvalue weighted by Crippen LogP contribution is 2.22. The van der Waals surface area contributed by atoms with Crippen molar-refractivity contribution in [3.05, 3.63) is 88.7 Å². The van der Waals surface area contributed by atoms with Crippen LogP contribution in [0.1, 0.15) is 32.9 Å². The molecule has 1 heterocycles. The first-order valence-electron chi connectivity index (χ1n) is 8.21. The van der Waals surface area contributed by atoms with Crippen LogP contribution >= 0.6 is 0 Å². The van der Waals surface area contributed by atoms with Crippen molar-refractivity contribution in [2.45, 2.75) is 20.8 Å². The number of hydrazone groups is 1. The molecular weight excluding hydrogens is 310 g/mol.